The van der Waals surface area contributed by atoms with E-state index in [1.807, 2.05) is 42.5 Å². The van der Waals surface area contributed by atoms with Crippen molar-refractivity contribution in [2.75, 3.05) is 0 Å². The number of alkyl halides is 3. The van der Waals surface area contributed by atoms with Crippen LogP contribution in [0.2, 0.25) is 0 Å². The molecule has 4 rings (SSSR count). The smallest absolute Gasteiger partial charge is 0.347 e. The molecule has 0 saturated carbocycles. The van der Waals surface area contributed by atoms with E-state index in [0.29, 0.717) is 10.4 Å². The molecule has 0 aliphatic carbocycles. The van der Waals surface area contributed by atoms with Crippen LogP contribution >= 0.6 is 11.3 Å². The van der Waals surface area contributed by atoms with E-state index in [0.717, 1.165) is 33.0 Å². The second-order valence-corrected chi connectivity index (χ2v) is 7.25. The topological polar surface area (TPSA) is 29.1 Å². The largest absolute Gasteiger partial charge is 0.416 e. The quantitative estimate of drug-likeness (QED) is 0.460. The predicted molar refractivity (Wildman–Crippen MR) is 102 cm³/mol. The molecule has 0 bridgehead atoms. The Hall–Kier alpha value is -2.86. The highest BCUT2D eigenvalue weighted by Gasteiger charge is 2.29. The summed E-state index contributed by atoms with van der Waals surface area (Å²) in [5.41, 5.74) is -0.0862. The van der Waals surface area contributed by atoms with E-state index in [1.165, 1.54) is 23.5 Å². The molecule has 0 aliphatic heterocycles. The Bertz CT molecular complexity index is 1130. The summed E-state index contributed by atoms with van der Waals surface area (Å²) in [4.78, 5) is 13.0. The van der Waals surface area contributed by atoms with Gasteiger partial charge < -0.3 is 5.32 Å². The van der Waals surface area contributed by atoms with E-state index in [4.69, 9.17) is 0 Å². The molecule has 6 heteroatoms. The minimum atomic E-state index is -4.36. The number of hydrogen-bond donors (Lipinski definition) is 1. The number of thiophene rings is 1. The molecule has 1 aromatic heterocycles. The highest BCUT2D eigenvalue weighted by Crippen LogP contribution is 2.33. The number of carbonyl (C=O) groups is 1. The molecule has 3 aromatic carbocycles. The van der Waals surface area contributed by atoms with E-state index in [-0.39, 0.29) is 12.5 Å². The van der Waals surface area contributed by atoms with Gasteiger partial charge in [0.2, 0.25) is 0 Å². The number of halogens is 3. The highest BCUT2D eigenvalue weighted by molar-refractivity contribution is 7.21. The molecular weight excluding hydrogens is 371 g/mol. The van der Waals surface area contributed by atoms with E-state index < -0.39 is 11.7 Å². The van der Waals surface area contributed by atoms with Crippen LogP contribution in [0.1, 0.15) is 20.8 Å². The summed E-state index contributed by atoms with van der Waals surface area (Å²) in [6.45, 7) is 0.173. The molecule has 1 amide bonds. The molecule has 1 N–H and O–H groups in total. The van der Waals surface area contributed by atoms with Gasteiger partial charge in [-0.05, 0) is 39.9 Å². The molecular formula is C21H14F3NOS. The van der Waals surface area contributed by atoms with Gasteiger partial charge in [-0.2, -0.15) is 13.2 Å². The lowest BCUT2D eigenvalue weighted by atomic mass is 10.1. The number of amides is 1. The van der Waals surface area contributed by atoms with Crippen molar-refractivity contribution in [3.8, 4) is 0 Å². The van der Waals surface area contributed by atoms with Gasteiger partial charge in [-0.1, -0.05) is 48.5 Å². The third-order valence-electron chi connectivity index (χ3n) is 4.37. The van der Waals surface area contributed by atoms with Crippen LogP contribution in [0.15, 0.2) is 66.7 Å². The molecule has 0 unspecified atom stereocenters. The molecule has 0 radical (unpaired) electrons. The lowest BCUT2D eigenvalue weighted by Crippen LogP contribution is -2.21. The minimum Gasteiger partial charge on any atom is -0.347 e. The van der Waals surface area contributed by atoms with E-state index >= 15 is 0 Å². The Morgan fingerprint density at radius 3 is 2.37 bits per heavy atom. The first-order valence-electron chi connectivity index (χ1n) is 8.27. The summed E-state index contributed by atoms with van der Waals surface area (Å²) in [7, 11) is 0. The van der Waals surface area contributed by atoms with Crippen LogP contribution in [0.3, 0.4) is 0 Å². The maximum Gasteiger partial charge on any atom is 0.416 e. The Labute approximate surface area is 157 Å². The first-order valence-corrected chi connectivity index (χ1v) is 9.09. The van der Waals surface area contributed by atoms with Gasteiger partial charge in [0.15, 0.2) is 0 Å². The third-order valence-corrected chi connectivity index (χ3v) is 5.55. The Morgan fingerprint density at radius 2 is 1.63 bits per heavy atom. The zero-order valence-electron chi connectivity index (χ0n) is 14.0. The summed E-state index contributed by atoms with van der Waals surface area (Å²) < 4.78 is 38.8. The molecule has 4 aromatic rings. The van der Waals surface area contributed by atoms with Gasteiger partial charge in [-0.15, -0.1) is 11.3 Å². The molecule has 0 fully saturated rings. The minimum absolute atomic E-state index is 0.173. The summed E-state index contributed by atoms with van der Waals surface area (Å²) in [6, 6.07) is 18.6. The van der Waals surface area contributed by atoms with E-state index in [9.17, 15) is 18.0 Å². The second kappa shape index (κ2) is 6.70. The fourth-order valence-corrected chi connectivity index (χ4v) is 4.07. The molecule has 1 heterocycles. The molecule has 27 heavy (non-hydrogen) atoms. The number of fused-ring (bicyclic) bond motifs is 3. The highest BCUT2D eigenvalue weighted by atomic mass is 32.1. The van der Waals surface area contributed by atoms with Gasteiger partial charge in [-0.3, -0.25) is 4.79 Å². The van der Waals surface area contributed by atoms with E-state index in [1.54, 1.807) is 0 Å². The number of rotatable bonds is 3. The lowest BCUT2D eigenvalue weighted by molar-refractivity contribution is -0.137. The maximum absolute atomic E-state index is 12.6. The summed E-state index contributed by atoms with van der Waals surface area (Å²) in [5.74, 6) is -0.236. The van der Waals surface area contributed by atoms with Crippen molar-refractivity contribution < 1.29 is 18.0 Å². The summed E-state index contributed by atoms with van der Waals surface area (Å²) >= 11 is 1.42. The monoisotopic (exact) mass is 385 g/mol. The van der Waals surface area contributed by atoms with Crippen LogP contribution in [-0.4, -0.2) is 5.91 Å². The van der Waals surface area contributed by atoms with Crippen LogP contribution in [0, 0.1) is 0 Å². The summed E-state index contributed by atoms with van der Waals surface area (Å²) in [6.07, 6.45) is -4.36. The first-order chi connectivity index (χ1) is 12.9. The maximum atomic E-state index is 12.6. The van der Waals surface area contributed by atoms with Crippen LogP contribution in [-0.2, 0) is 12.7 Å². The Kier molecular flexibility index (Phi) is 4.36. The molecule has 0 spiro atoms. The molecule has 0 saturated heterocycles. The lowest BCUT2D eigenvalue weighted by Gasteiger charge is -2.08. The second-order valence-electron chi connectivity index (χ2n) is 6.19. The fourth-order valence-electron chi connectivity index (χ4n) is 2.96. The third kappa shape index (κ3) is 3.53. The molecule has 0 aliphatic rings. The van der Waals surface area contributed by atoms with Crippen molar-refractivity contribution in [2.24, 2.45) is 0 Å². The number of hydrogen-bond acceptors (Lipinski definition) is 2. The number of carbonyl (C=O) groups excluding carboxylic acids is 1. The standard InChI is InChI=1S/C21H14F3NOS/c22-21(23,24)16-9-5-13(6-10-16)12-25-20(26)18-11-15-8-7-14-3-1-2-4-17(14)19(15)27-18/h1-11H,12H2,(H,25,26). The average molecular weight is 385 g/mol. The zero-order chi connectivity index (χ0) is 19.0. The SMILES string of the molecule is O=C(NCc1ccc(C(F)(F)F)cc1)c1cc2ccc3ccccc3c2s1. The van der Waals surface area contributed by atoms with Crippen LogP contribution in [0.25, 0.3) is 20.9 Å². The van der Waals surface area contributed by atoms with Gasteiger partial charge in [0.25, 0.3) is 5.91 Å². The van der Waals surface area contributed by atoms with Gasteiger partial charge >= 0.3 is 6.18 Å². The summed E-state index contributed by atoms with van der Waals surface area (Å²) in [5, 5.41) is 5.98. The van der Waals surface area contributed by atoms with Crippen molar-refractivity contribution >= 4 is 38.1 Å². The van der Waals surface area contributed by atoms with Crippen LogP contribution in [0.4, 0.5) is 13.2 Å². The van der Waals surface area contributed by atoms with Crippen molar-refractivity contribution in [3.63, 3.8) is 0 Å². The van der Waals surface area contributed by atoms with Crippen LogP contribution < -0.4 is 5.32 Å². The molecule has 2 nitrogen and oxygen atoms in total. The van der Waals surface area contributed by atoms with Gasteiger partial charge in [0.1, 0.15) is 0 Å². The Morgan fingerprint density at radius 1 is 0.926 bits per heavy atom. The zero-order valence-corrected chi connectivity index (χ0v) is 14.8. The predicted octanol–water partition coefficient (Wildman–Crippen LogP) is 6.00. The number of benzene rings is 3. The normalized spacial score (nSPS) is 11.8. The molecule has 0 atom stereocenters. The van der Waals surface area contributed by atoms with Crippen molar-refractivity contribution in [1.82, 2.24) is 5.32 Å². The fraction of sp³-hybridized carbons (Fsp3) is 0.0952. The van der Waals surface area contributed by atoms with Crippen LogP contribution in [0.5, 0.6) is 0 Å². The van der Waals surface area contributed by atoms with E-state index in [2.05, 4.69) is 5.32 Å². The van der Waals surface area contributed by atoms with Crippen molar-refractivity contribution in [3.05, 3.63) is 82.7 Å². The van der Waals surface area contributed by atoms with Crippen molar-refractivity contribution in [2.45, 2.75) is 12.7 Å². The molecule has 136 valence electrons. The van der Waals surface area contributed by atoms with Crippen molar-refractivity contribution in [1.29, 1.82) is 0 Å². The Balaban J connectivity index is 1.52. The van der Waals surface area contributed by atoms with Gasteiger partial charge in [0.05, 0.1) is 10.4 Å². The van der Waals surface area contributed by atoms with Gasteiger partial charge in [0, 0.05) is 11.2 Å². The van der Waals surface area contributed by atoms with Gasteiger partial charge in [-0.25, -0.2) is 0 Å². The first kappa shape index (κ1) is 17.5. The number of nitrogens with one attached hydrogen (secondary N) is 1. The average Bonchev–Trinajstić information content (AvgIpc) is 3.11.